The minimum atomic E-state index is 1.09. The Balaban J connectivity index is 0.000000956. The first-order valence-corrected chi connectivity index (χ1v) is 7.67. The number of allylic oxidation sites excluding steroid dienone is 4. The van der Waals surface area contributed by atoms with Crippen molar-refractivity contribution < 1.29 is 0 Å². The van der Waals surface area contributed by atoms with Crippen LogP contribution in [0.1, 0.15) is 58.1 Å². The van der Waals surface area contributed by atoms with E-state index < -0.39 is 0 Å². The Morgan fingerprint density at radius 3 is 2.20 bits per heavy atom. The Labute approximate surface area is 124 Å². The summed E-state index contributed by atoms with van der Waals surface area (Å²) in [4.78, 5) is 0. The lowest BCUT2D eigenvalue weighted by molar-refractivity contribution is 0.890. The fourth-order valence-electron chi connectivity index (χ4n) is 2.18. The Bertz CT molecular complexity index is 542. The highest BCUT2D eigenvalue weighted by Crippen LogP contribution is 2.25. The molecule has 2 rings (SSSR count). The molecule has 0 atom stereocenters. The van der Waals surface area contributed by atoms with Crippen LogP contribution in [-0.2, 0) is 0 Å². The predicted octanol–water partition coefficient (Wildman–Crippen LogP) is 5.82. The van der Waals surface area contributed by atoms with Gasteiger partial charge in [-0.25, -0.2) is 0 Å². The molecule has 0 aromatic heterocycles. The summed E-state index contributed by atoms with van der Waals surface area (Å²) in [7, 11) is 0. The first-order valence-electron chi connectivity index (χ1n) is 7.67. The van der Waals surface area contributed by atoms with Crippen molar-refractivity contribution in [2.45, 2.75) is 53.9 Å². The number of hydrogen-bond acceptors (Lipinski definition) is 0. The highest BCUT2D eigenvalue weighted by molar-refractivity contribution is 5.46. The van der Waals surface area contributed by atoms with Crippen LogP contribution >= 0.6 is 0 Å². The number of benzene rings is 1. The minimum Gasteiger partial charge on any atom is -0.0697 e. The van der Waals surface area contributed by atoms with E-state index in [0.717, 1.165) is 24.8 Å². The first kappa shape index (κ1) is 16.3. The van der Waals surface area contributed by atoms with E-state index >= 15 is 0 Å². The molecule has 20 heavy (non-hydrogen) atoms. The highest BCUT2D eigenvalue weighted by atomic mass is 14.1. The van der Waals surface area contributed by atoms with Crippen LogP contribution in [0.5, 0.6) is 0 Å². The minimum absolute atomic E-state index is 1.09. The largest absolute Gasteiger partial charge is 0.0697 e. The van der Waals surface area contributed by atoms with Gasteiger partial charge in [-0.05, 0) is 56.9 Å². The molecule has 0 fully saturated rings. The third-order valence-electron chi connectivity index (χ3n) is 3.47. The Hall–Kier alpha value is -1.74. The van der Waals surface area contributed by atoms with Gasteiger partial charge >= 0.3 is 0 Å². The molecule has 0 saturated carbocycles. The molecule has 0 radical (unpaired) electrons. The second-order valence-electron chi connectivity index (χ2n) is 4.94. The lowest BCUT2D eigenvalue weighted by Gasteiger charge is -2.13. The van der Waals surface area contributed by atoms with Gasteiger partial charge in [-0.2, -0.15) is 0 Å². The maximum atomic E-state index is 3.32. The molecule has 0 unspecified atom stereocenters. The number of hydrogen-bond donors (Lipinski definition) is 0. The smallest absolute Gasteiger partial charge is 0.0249 e. The Morgan fingerprint density at radius 2 is 1.60 bits per heavy atom. The van der Waals surface area contributed by atoms with E-state index in [0.29, 0.717) is 0 Å². The molecule has 1 aliphatic rings. The molecule has 0 N–H and O–H groups in total. The van der Waals surface area contributed by atoms with Crippen molar-refractivity contribution in [1.82, 2.24) is 0 Å². The van der Waals surface area contributed by atoms with Crippen molar-refractivity contribution in [3.63, 3.8) is 0 Å². The maximum Gasteiger partial charge on any atom is 0.0249 e. The zero-order valence-corrected chi connectivity index (χ0v) is 13.5. The lowest BCUT2D eigenvalue weighted by atomic mass is 9.92. The van der Waals surface area contributed by atoms with Gasteiger partial charge in [-0.1, -0.05) is 55.9 Å². The average molecular weight is 266 g/mol. The van der Waals surface area contributed by atoms with Gasteiger partial charge in [0, 0.05) is 11.1 Å². The zero-order valence-electron chi connectivity index (χ0n) is 13.5. The van der Waals surface area contributed by atoms with E-state index in [2.05, 4.69) is 63.0 Å². The van der Waals surface area contributed by atoms with Gasteiger partial charge in [0.1, 0.15) is 0 Å². The highest BCUT2D eigenvalue weighted by Gasteiger charge is 2.07. The second kappa shape index (κ2) is 8.43. The van der Waals surface area contributed by atoms with Gasteiger partial charge in [0.15, 0.2) is 0 Å². The van der Waals surface area contributed by atoms with Crippen LogP contribution in [0.25, 0.3) is 0 Å². The fourth-order valence-corrected chi connectivity index (χ4v) is 2.18. The molecule has 0 saturated heterocycles. The molecule has 0 bridgehead atoms. The third-order valence-corrected chi connectivity index (χ3v) is 3.47. The summed E-state index contributed by atoms with van der Waals surface area (Å²) in [6.45, 7) is 10.5. The molecule has 0 heterocycles. The molecule has 0 amide bonds. The van der Waals surface area contributed by atoms with Crippen LogP contribution in [0.3, 0.4) is 0 Å². The lowest BCUT2D eigenvalue weighted by Crippen LogP contribution is -1.95. The molecule has 0 aliphatic heterocycles. The normalized spacial score (nSPS) is 13.8. The Morgan fingerprint density at radius 1 is 0.950 bits per heavy atom. The third kappa shape index (κ3) is 4.74. The van der Waals surface area contributed by atoms with Gasteiger partial charge in [0.2, 0.25) is 0 Å². The molecule has 0 nitrogen and oxygen atoms in total. The number of rotatable bonds is 1. The molecular weight excluding hydrogens is 240 g/mol. The van der Waals surface area contributed by atoms with Crippen molar-refractivity contribution >= 4 is 0 Å². The summed E-state index contributed by atoms with van der Waals surface area (Å²) in [5.41, 5.74) is 6.65. The Kier molecular flexibility index (Phi) is 6.88. The van der Waals surface area contributed by atoms with Crippen LogP contribution in [0, 0.1) is 18.8 Å². The monoisotopic (exact) mass is 266 g/mol. The fraction of sp³-hybridized carbons (Fsp3) is 0.400. The van der Waals surface area contributed by atoms with Crippen molar-refractivity contribution in [2.24, 2.45) is 0 Å². The van der Waals surface area contributed by atoms with Gasteiger partial charge in [0.05, 0.1) is 0 Å². The number of aryl methyl sites for hydroxylation is 1. The van der Waals surface area contributed by atoms with E-state index in [1.807, 2.05) is 13.8 Å². The van der Waals surface area contributed by atoms with Gasteiger partial charge in [-0.15, -0.1) is 0 Å². The SMILES string of the molecule is CC.CCC1=C(C)CCC(C#Cc2ccc(C)cc2)=C1. The van der Waals surface area contributed by atoms with Crippen LogP contribution in [-0.4, -0.2) is 0 Å². The van der Waals surface area contributed by atoms with E-state index in [4.69, 9.17) is 0 Å². The van der Waals surface area contributed by atoms with Crippen LogP contribution in [0.2, 0.25) is 0 Å². The molecular formula is C20H26. The molecule has 1 aromatic carbocycles. The summed E-state index contributed by atoms with van der Waals surface area (Å²) in [5, 5.41) is 0. The van der Waals surface area contributed by atoms with E-state index in [9.17, 15) is 0 Å². The first-order chi connectivity index (χ1) is 9.69. The molecule has 106 valence electrons. The summed E-state index contributed by atoms with van der Waals surface area (Å²) in [5.74, 6) is 6.58. The maximum absolute atomic E-state index is 3.32. The van der Waals surface area contributed by atoms with Gasteiger partial charge in [-0.3, -0.25) is 0 Å². The van der Waals surface area contributed by atoms with E-state index in [1.165, 1.54) is 22.3 Å². The molecule has 0 heteroatoms. The molecule has 0 spiro atoms. The standard InChI is InChI=1S/C18H20.C2H6/c1-4-18-13-17(10-7-15(18)3)12-11-16-8-5-14(2)6-9-16;1-2/h5-6,8-9,13H,4,7,10H2,1-3H3;1-2H3. The van der Waals surface area contributed by atoms with Crippen LogP contribution in [0.4, 0.5) is 0 Å². The second-order valence-corrected chi connectivity index (χ2v) is 4.94. The summed E-state index contributed by atoms with van der Waals surface area (Å²) in [6, 6.07) is 8.41. The van der Waals surface area contributed by atoms with E-state index in [1.54, 1.807) is 0 Å². The topological polar surface area (TPSA) is 0 Å². The van der Waals surface area contributed by atoms with E-state index in [-0.39, 0.29) is 0 Å². The van der Waals surface area contributed by atoms with Crippen molar-refractivity contribution in [3.8, 4) is 11.8 Å². The summed E-state index contributed by atoms with van der Waals surface area (Å²) >= 11 is 0. The zero-order chi connectivity index (χ0) is 15.0. The molecule has 1 aliphatic carbocycles. The van der Waals surface area contributed by atoms with Crippen LogP contribution in [0.15, 0.2) is 47.1 Å². The summed E-state index contributed by atoms with van der Waals surface area (Å²) in [6.07, 6.45) is 5.65. The van der Waals surface area contributed by atoms with Crippen molar-refractivity contribution in [3.05, 3.63) is 58.2 Å². The summed E-state index contributed by atoms with van der Waals surface area (Å²) < 4.78 is 0. The van der Waals surface area contributed by atoms with Crippen LogP contribution < -0.4 is 0 Å². The van der Waals surface area contributed by atoms with Crippen molar-refractivity contribution in [2.75, 3.05) is 0 Å². The van der Waals surface area contributed by atoms with Gasteiger partial charge < -0.3 is 0 Å². The quantitative estimate of drug-likeness (QED) is 0.562. The van der Waals surface area contributed by atoms with Gasteiger partial charge in [0.25, 0.3) is 0 Å². The predicted molar refractivity (Wildman–Crippen MR) is 89.7 cm³/mol. The van der Waals surface area contributed by atoms with Crippen molar-refractivity contribution in [1.29, 1.82) is 0 Å². The molecule has 1 aromatic rings. The average Bonchev–Trinajstić information content (AvgIpc) is 2.50.